The van der Waals surface area contributed by atoms with Gasteiger partial charge in [-0.25, -0.2) is 4.39 Å². The van der Waals surface area contributed by atoms with Crippen molar-refractivity contribution in [2.75, 3.05) is 18.0 Å². The molecule has 0 saturated carbocycles. The van der Waals surface area contributed by atoms with Gasteiger partial charge >= 0.3 is 5.97 Å². The summed E-state index contributed by atoms with van der Waals surface area (Å²) in [5.74, 6) is -1.18. The first-order chi connectivity index (χ1) is 9.97. The van der Waals surface area contributed by atoms with Gasteiger partial charge in [0, 0.05) is 25.7 Å². The van der Waals surface area contributed by atoms with E-state index >= 15 is 0 Å². The van der Waals surface area contributed by atoms with Crippen molar-refractivity contribution in [3.63, 3.8) is 0 Å². The normalized spacial score (nSPS) is 12.2. The first-order valence-electron chi connectivity index (χ1n) is 7.46. The second-order valence-corrected chi connectivity index (χ2v) is 5.20. The molecule has 0 heterocycles. The molecule has 118 valence electrons. The number of carbonyl (C=O) groups is 1. The van der Waals surface area contributed by atoms with E-state index < -0.39 is 5.97 Å². The molecule has 0 spiro atoms. The van der Waals surface area contributed by atoms with Gasteiger partial charge in [0.15, 0.2) is 0 Å². The minimum Gasteiger partial charge on any atom is -0.481 e. The molecule has 2 N–H and O–H groups in total. The highest BCUT2D eigenvalue weighted by Gasteiger charge is 2.12. The van der Waals surface area contributed by atoms with E-state index in [1.54, 1.807) is 17.0 Å². The number of hydrogen-bond donors (Lipinski definition) is 2. The predicted molar refractivity (Wildman–Crippen MR) is 83.1 cm³/mol. The number of hydrogen-bond acceptors (Lipinski definition) is 3. The highest BCUT2D eigenvalue weighted by molar-refractivity contribution is 5.67. The molecule has 1 atom stereocenters. The minimum atomic E-state index is -0.872. The Balaban J connectivity index is 2.81. The van der Waals surface area contributed by atoms with Crippen LogP contribution < -0.4 is 10.2 Å². The lowest BCUT2D eigenvalue weighted by Gasteiger charge is -2.23. The van der Waals surface area contributed by atoms with Crippen molar-refractivity contribution in [1.29, 1.82) is 0 Å². The zero-order chi connectivity index (χ0) is 15.8. The summed E-state index contributed by atoms with van der Waals surface area (Å²) >= 11 is 0. The van der Waals surface area contributed by atoms with Gasteiger partial charge in [-0.1, -0.05) is 13.0 Å². The SMILES string of the molecule is CCC(C)NCc1ccc(F)c(N(CC)CCC(=O)O)c1. The molecule has 0 saturated heterocycles. The third kappa shape index (κ3) is 5.71. The van der Waals surface area contributed by atoms with Crippen molar-refractivity contribution in [2.45, 2.75) is 46.2 Å². The molecule has 1 unspecified atom stereocenters. The summed E-state index contributed by atoms with van der Waals surface area (Å²) in [6, 6.07) is 5.43. The van der Waals surface area contributed by atoms with Crippen LogP contribution in [-0.2, 0) is 11.3 Å². The number of carboxylic acid groups (broad SMARTS) is 1. The molecule has 0 aliphatic rings. The standard InChI is InChI=1S/C16H25FN2O2/c1-4-12(3)18-11-13-6-7-14(17)15(10-13)19(5-2)9-8-16(20)21/h6-7,10,12,18H,4-5,8-9,11H2,1-3H3,(H,20,21). The van der Waals surface area contributed by atoms with Crippen molar-refractivity contribution in [1.82, 2.24) is 5.32 Å². The van der Waals surface area contributed by atoms with Crippen LogP contribution >= 0.6 is 0 Å². The van der Waals surface area contributed by atoms with Gasteiger partial charge in [0.2, 0.25) is 0 Å². The van der Waals surface area contributed by atoms with E-state index in [4.69, 9.17) is 5.11 Å². The summed E-state index contributed by atoms with van der Waals surface area (Å²) < 4.78 is 14.0. The van der Waals surface area contributed by atoms with Crippen molar-refractivity contribution < 1.29 is 14.3 Å². The Morgan fingerprint density at radius 2 is 2.14 bits per heavy atom. The summed E-state index contributed by atoms with van der Waals surface area (Å²) in [6.07, 6.45) is 1.04. The zero-order valence-electron chi connectivity index (χ0n) is 13.0. The van der Waals surface area contributed by atoms with E-state index in [-0.39, 0.29) is 12.2 Å². The molecule has 0 aliphatic heterocycles. The van der Waals surface area contributed by atoms with Crippen LogP contribution in [0.3, 0.4) is 0 Å². The summed E-state index contributed by atoms with van der Waals surface area (Å²) in [5, 5.41) is 12.1. The maximum absolute atomic E-state index is 14.0. The number of benzene rings is 1. The molecule has 0 radical (unpaired) electrons. The van der Waals surface area contributed by atoms with Crippen LogP contribution in [0.15, 0.2) is 18.2 Å². The molecular formula is C16H25FN2O2. The number of aliphatic carboxylic acids is 1. The molecule has 0 fully saturated rings. The summed E-state index contributed by atoms with van der Waals surface area (Å²) in [5.41, 5.74) is 1.47. The highest BCUT2D eigenvalue weighted by Crippen LogP contribution is 2.21. The van der Waals surface area contributed by atoms with Crippen LogP contribution in [0.2, 0.25) is 0 Å². The Kier molecular flexibility index (Phi) is 7.15. The average Bonchev–Trinajstić information content (AvgIpc) is 2.47. The van der Waals surface area contributed by atoms with Gasteiger partial charge in [-0.2, -0.15) is 0 Å². The van der Waals surface area contributed by atoms with Gasteiger partial charge in [-0.05, 0) is 38.0 Å². The quantitative estimate of drug-likeness (QED) is 0.735. The number of carboxylic acids is 1. The van der Waals surface area contributed by atoms with Gasteiger partial charge < -0.3 is 15.3 Å². The molecule has 0 aliphatic carbocycles. The lowest BCUT2D eigenvalue weighted by Crippen LogP contribution is -2.27. The summed E-state index contributed by atoms with van der Waals surface area (Å²) in [4.78, 5) is 12.4. The molecule has 5 heteroatoms. The molecule has 21 heavy (non-hydrogen) atoms. The van der Waals surface area contributed by atoms with Gasteiger partial charge in [-0.15, -0.1) is 0 Å². The highest BCUT2D eigenvalue weighted by atomic mass is 19.1. The Labute approximate surface area is 126 Å². The largest absolute Gasteiger partial charge is 0.481 e. The van der Waals surface area contributed by atoms with Crippen LogP contribution in [0.5, 0.6) is 0 Å². The minimum absolute atomic E-state index is 0.00261. The summed E-state index contributed by atoms with van der Waals surface area (Å²) in [7, 11) is 0. The average molecular weight is 296 g/mol. The Bertz CT molecular complexity index is 466. The van der Waals surface area contributed by atoms with E-state index in [1.807, 2.05) is 6.92 Å². The van der Waals surface area contributed by atoms with Crippen LogP contribution in [0, 0.1) is 5.82 Å². The number of rotatable bonds is 9. The molecule has 1 aromatic carbocycles. The third-order valence-corrected chi connectivity index (χ3v) is 3.60. The topological polar surface area (TPSA) is 52.6 Å². The first-order valence-corrected chi connectivity index (χ1v) is 7.46. The fraction of sp³-hybridized carbons (Fsp3) is 0.562. The van der Waals surface area contributed by atoms with Crippen molar-refractivity contribution in [3.8, 4) is 0 Å². The van der Waals surface area contributed by atoms with E-state index in [2.05, 4.69) is 19.2 Å². The van der Waals surface area contributed by atoms with E-state index in [0.717, 1.165) is 12.0 Å². The molecule has 1 aromatic rings. The first kappa shape index (κ1) is 17.4. The van der Waals surface area contributed by atoms with Crippen molar-refractivity contribution in [2.24, 2.45) is 0 Å². The maximum Gasteiger partial charge on any atom is 0.305 e. The smallest absolute Gasteiger partial charge is 0.305 e. The fourth-order valence-electron chi connectivity index (χ4n) is 2.03. The van der Waals surface area contributed by atoms with E-state index in [1.165, 1.54) is 6.07 Å². The van der Waals surface area contributed by atoms with Crippen LogP contribution in [0.1, 0.15) is 39.2 Å². The fourth-order valence-corrected chi connectivity index (χ4v) is 2.03. The molecule has 1 rings (SSSR count). The van der Waals surface area contributed by atoms with Crippen LogP contribution in [0.25, 0.3) is 0 Å². The van der Waals surface area contributed by atoms with Crippen LogP contribution in [-0.4, -0.2) is 30.2 Å². The number of halogens is 1. The number of nitrogens with zero attached hydrogens (tertiary/aromatic N) is 1. The van der Waals surface area contributed by atoms with Crippen molar-refractivity contribution in [3.05, 3.63) is 29.6 Å². The van der Waals surface area contributed by atoms with Gasteiger partial charge in [-0.3, -0.25) is 4.79 Å². The second-order valence-electron chi connectivity index (χ2n) is 5.20. The number of nitrogens with one attached hydrogen (secondary N) is 1. The molecular weight excluding hydrogens is 271 g/mol. The molecule has 0 aromatic heterocycles. The third-order valence-electron chi connectivity index (χ3n) is 3.60. The Hall–Kier alpha value is -1.62. The Morgan fingerprint density at radius 1 is 1.43 bits per heavy atom. The summed E-state index contributed by atoms with van der Waals surface area (Å²) in [6.45, 7) is 7.68. The Morgan fingerprint density at radius 3 is 2.71 bits per heavy atom. The van der Waals surface area contributed by atoms with E-state index in [0.29, 0.717) is 31.4 Å². The van der Waals surface area contributed by atoms with Crippen LogP contribution in [0.4, 0.5) is 10.1 Å². The zero-order valence-corrected chi connectivity index (χ0v) is 13.0. The monoisotopic (exact) mass is 296 g/mol. The molecule has 4 nitrogen and oxygen atoms in total. The molecule has 0 bridgehead atoms. The molecule has 0 amide bonds. The predicted octanol–water partition coefficient (Wildman–Crippen LogP) is 3.01. The lowest BCUT2D eigenvalue weighted by molar-refractivity contribution is -0.136. The van der Waals surface area contributed by atoms with Crippen molar-refractivity contribution >= 4 is 11.7 Å². The van der Waals surface area contributed by atoms with E-state index in [9.17, 15) is 9.18 Å². The van der Waals surface area contributed by atoms with Gasteiger partial charge in [0.05, 0.1) is 12.1 Å². The lowest BCUT2D eigenvalue weighted by atomic mass is 10.1. The second kappa shape index (κ2) is 8.62. The number of anilines is 1. The maximum atomic E-state index is 14.0. The van der Waals surface area contributed by atoms with Gasteiger partial charge in [0.1, 0.15) is 5.82 Å². The van der Waals surface area contributed by atoms with Gasteiger partial charge in [0.25, 0.3) is 0 Å².